The maximum absolute atomic E-state index is 11.6. The average molecular weight is 246 g/mol. The summed E-state index contributed by atoms with van der Waals surface area (Å²) >= 11 is 3.39. The molecule has 1 unspecified atom stereocenters. The van der Waals surface area contributed by atoms with Crippen LogP contribution in [0.1, 0.15) is 17.4 Å². The minimum absolute atomic E-state index is 0.0381. The molecule has 0 fully saturated rings. The van der Waals surface area contributed by atoms with Gasteiger partial charge in [-0.25, -0.2) is 0 Å². The molecule has 1 amide bonds. The first kappa shape index (κ1) is 10.2. The molecule has 1 aromatic rings. The monoisotopic (exact) mass is 245 g/mol. The van der Waals surface area contributed by atoms with Crippen LogP contribution in [0.2, 0.25) is 0 Å². The standard InChI is InChI=1S/C8H12BrN3O/c1-6(9)5-12(2)8(13)7-3-4-10-11-7/h3-4,6H,5H2,1-2H3,(H,10,11). The van der Waals surface area contributed by atoms with Gasteiger partial charge >= 0.3 is 0 Å². The Labute approximate surface area is 85.4 Å². The summed E-state index contributed by atoms with van der Waals surface area (Å²) in [6, 6.07) is 1.66. The van der Waals surface area contributed by atoms with Gasteiger partial charge in [0.1, 0.15) is 5.69 Å². The van der Waals surface area contributed by atoms with Crippen molar-refractivity contribution in [2.75, 3.05) is 13.6 Å². The van der Waals surface area contributed by atoms with Crippen LogP contribution in [0.4, 0.5) is 0 Å². The molecule has 0 bridgehead atoms. The van der Waals surface area contributed by atoms with Gasteiger partial charge < -0.3 is 4.90 Å². The van der Waals surface area contributed by atoms with E-state index in [9.17, 15) is 4.79 Å². The van der Waals surface area contributed by atoms with Crippen LogP contribution in [-0.4, -0.2) is 39.4 Å². The molecular formula is C8H12BrN3O. The summed E-state index contributed by atoms with van der Waals surface area (Å²) in [4.78, 5) is 13.5. The number of aromatic nitrogens is 2. The summed E-state index contributed by atoms with van der Waals surface area (Å²) in [5.41, 5.74) is 0.524. The lowest BCUT2D eigenvalue weighted by Gasteiger charge is -2.17. The molecule has 72 valence electrons. The third kappa shape index (κ3) is 2.84. The fraction of sp³-hybridized carbons (Fsp3) is 0.500. The molecule has 1 aromatic heterocycles. The first-order chi connectivity index (χ1) is 6.11. The Balaban J connectivity index is 2.58. The number of H-pyrrole nitrogens is 1. The molecule has 1 atom stereocenters. The highest BCUT2D eigenvalue weighted by atomic mass is 79.9. The zero-order valence-corrected chi connectivity index (χ0v) is 9.21. The van der Waals surface area contributed by atoms with Crippen LogP contribution in [0.15, 0.2) is 12.3 Å². The highest BCUT2D eigenvalue weighted by molar-refractivity contribution is 9.09. The first-order valence-corrected chi connectivity index (χ1v) is 4.91. The minimum atomic E-state index is -0.0381. The molecule has 0 saturated carbocycles. The van der Waals surface area contributed by atoms with Crippen molar-refractivity contribution in [2.45, 2.75) is 11.8 Å². The second kappa shape index (κ2) is 4.41. The molecule has 0 aliphatic rings. The van der Waals surface area contributed by atoms with E-state index in [1.54, 1.807) is 24.2 Å². The molecular weight excluding hydrogens is 234 g/mol. The zero-order chi connectivity index (χ0) is 9.84. The van der Waals surface area contributed by atoms with Crippen LogP contribution in [0.3, 0.4) is 0 Å². The van der Waals surface area contributed by atoms with Crippen molar-refractivity contribution in [3.05, 3.63) is 18.0 Å². The quantitative estimate of drug-likeness (QED) is 0.816. The van der Waals surface area contributed by atoms with E-state index in [1.165, 1.54) is 0 Å². The summed E-state index contributed by atoms with van der Waals surface area (Å²) in [5.74, 6) is -0.0381. The number of halogens is 1. The van der Waals surface area contributed by atoms with E-state index in [2.05, 4.69) is 26.1 Å². The number of nitrogens with zero attached hydrogens (tertiary/aromatic N) is 2. The number of amides is 1. The molecule has 0 aliphatic heterocycles. The molecule has 13 heavy (non-hydrogen) atoms. The molecule has 0 radical (unpaired) electrons. The fourth-order valence-corrected chi connectivity index (χ4v) is 1.48. The molecule has 0 saturated heterocycles. The number of aromatic amines is 1. The Morgan fingerprint density at radius 3 is 3.00 bits per heavy atom. The van der Waals surface area contributed by atoms with E-state index < -0.39 is 0 Å². The summed E-state index contributed by atoms with van der Waals surface area (Å²) in [5, 5.41) is 6.36. The smallest absolute Gasteiger partial charge is 0.271 e. The SMILES string of the molecule is CC(Br)CN(C)C(=O)c1ccn[nH]1. The van der Waals surface area contributed by atoms with Crippen molar-refractivity contribution >= 4 is 21.8 Å². The number of hydrogen-bond acceptors (Lipinski definition) is 2. The topological polar surface area (TPSA) is 49.0 Å². The van der Waals surface area contributed by atoms with Crippen molar-refractivity contribution in [1.29, 1.82) is 0 Å². The number of rotatable bonds is 3. The van der Waals surface area contributed by atoms with Gasteiger partial charge in [-0.15, -0.1) is 0 Å². The van der Waals surface area contributed by atoms with Crippen molar-refractivity contribution < 1.29 is 4.79 Å². The summed E-state index contributed by atoms with van der Waals surface area (Å²) in [6.45, 7) is 2.68. The van der Waals surface area contributed by atoms with Gasteiger partial charge in [0.05, 0.1) is 0 Å². The van der Waals surface area contributed by atoms with Gasteiger partial charge in [0, 0.05) is 24.6 Å². The third-order valence-electron chi connectivity index (χ3n) is 1.60. The van der Waals surface area contributed by atoms with Gasteiger partial charge in [-0.2, -0.15) is 5.10 Å². The molecule has 0 spiro atoms. The van der Waals surface area contributed by atoms with Crippen molar-refractivity contribution in [2.24, 2.45) is 0 Å². The molecule has 1 heterocycles. The summed E-state index contributed by atoms with van der Waals surface area (Å²) < 4.78 is 0. The van der Waals surface area contributed by atoms with Gasteiger partial charge in [0.15, 0.2) is 0 Å². The number of carbonyl (C=O) groups is 1. The number of nitrogens with one attached hydrogen (secondary N) is 1. The van der Waals surface area contributed by atoms with Crippen molar-refractivity contribution in [1.82, 2.24) is 15.1 Å². The van der Waals surface area contributed by atoms with Gasteiger partial charge in [0.25, 0.3) is 5.91 Å². The lowest BCUT2D eigenvalue weighted by atomic mass is 10.3. The lowest BCUT2D eigenvalue weighted by molar-refractivity contribution is 0.0791. The third-order valence-corrected chi connectivity index (χ3v) is 1.89. The van der Waals surface area contributed by atoms with Gasteiger partial charge in [-0.1, -0.05) is 22.9 Å². The molecule has 0 aromatic carbocycles. The Morgan fingerprint density at radius 2 is 2.54 bits per heavy atom. The van der Waals surface area contributed by atoms with Crippen LogP contribution in [0.25, 0.3) is 0 Å². The second-order valence-electron chi connectivity index (χ2n) is 2.94. The predicted octanol–water partition coefficient (Wildman–Crippen LogP) is 1.27. The highest BCUT2D eigenvalue weighted by Gasteiger charge is 2.13. The highest BCUT2D eigenvalue weighted by Crippen LogP contribution is 2.03. The van der Waals surface area contributed by atoms with E-state index in [0.717, 1.165) is 0 Å². The van der Waals surface area contributed by atoms with Crippen LogP contribution in [0, 0.1) is 0 Å². The number of alkyl halides is 1. The van der Waals surface area contributed by atoms with E-state index in [4.69, 9.17) is 0 Å². The maximum atomic E-state index is 11.6. The zero-order valence-electron chi connectivity index (χ0n) is 7.62. The van der Waals surface area contributed by atoms with Crippen LogP contribution >= 0.6 is 15.9 Å². The normalized spacial score (nSPS) is 12.5. The van der Waals surface area contributed by atoms with Crippen LogP contribution < -0.4 is 0 Å². The maximum Gasteiger partial charge on any atom is 0.271 e. The number of carbonyl (C=O) groups excluding carboxylic acids is 1. The molecule has 5 heteroatoms. The van der Waals surface area contributed by atoms with E-state index in [0.29, 0.717) is 17.1 Å². The van der Waals surface area contributed by atoms with Gasteiger partial charge in [-0.05, 0) is 6.07 Å². The van der Waals surface area contributed by atoms with Gasteiger partial charge in [0.2, 0.25) is 0 Å². The minimum Gasteiger partial charge on any atom is -0.339 e. The van der Waals surface area contributed by atoms with Crippen LogP contribution in [0.5, 0.6) is 0 Å². The van der Waals surface area contributed by atoms with Crippen molar-refractivity contribution in [3.8, 4) is 0 Å². The Bertz CT molecular complexity index is 271. The fourth-order valence-electron chi connectivity index (χ4n) is 1.04. The average Bonchev–Trinajstić information content (AvgIpc) is 2.53. The summed E-state index contributed by atoms with van der Waals surface area (Å²) in [7, 11) is 1.76. The molecule has 0 aliphatic carbocycles. The largest absolute Gasteiger partial charge is 0.339 e. The van der Waals surface area contributed by atoms with E-state index in [-0.39, 0.29) is 5.91 Å². The predicted molar refractivity (Wildman–Crippen MR) is 53.9 cm³/mol. The molecule has 4 nitrogen and oxygen atoms in total. The Hall–Kier alpha value is -0.840. The Kier molecular flexibility index (Phi) is 3.48. The Morgan fingerprint density at radius 1 is 1.85 bits per heavy atom. The number of hydrogen-bond donors (Lipinski definition) is 1. The van der Waals surface area contributed by atoms with E-state index >= 15 is 0 Å². The van der Waals surface area contributed by atoms with E-state index in [1.807, 2.05) is 6.92 Å². The molecule has 1 rings (SSSR count). The lowest BCUT2D eigenvalue weighted by Crippen LogP contribution is -2.31. The molecule has 1 N–H and O–H groups in total. The first-order valence-electron chi connectivity index (χ1n) is 4.00. The van der Waals surface area contributed by atoms with Gasteiger partial charge in [-0.3, -0.25) is 9.89 Å². The van der Waals surface area contributed by atoms with Crippen molar-refractivity contribution in [3.63, 3.8) is 0 Å². The summed E-state index contributed by atoms with van der Waals surface area (Å²) in [6.07, 6.45) is 1.57. The van der Waals surface area contributed by atoms with Crippen LogP contribution in [-0.2, 0) is 0 Å². The second-order valence-corrected chi connectivity index (χ2v) is 4.50.